The second kappa shape index (κ2) is 5.51. The molecule has 0 saturated carbocycles. The topological polar surface area (TPSA) is 29.3 Å². The second-order valence-corrected chi connectivity index (χ2v) is 3.75. The Kier molecular flexibility index (Phi) is 4.31. The summed E-state index contributed by atoms with van der Waals surface area (Å²) in [7, 11) is 3.65. The predicted molar refractivity (Wildman–Crippen MR) is 59.9 cm³/mol. The number of carbonyl (C=O) groups is 1. The summed E-state index contributed by atoms with van der Waals surface area (Å²) < 4.78 is 6.79. The molecule has 1 aromatic carbocycles. The fraction of sp³-hybridized carbons (Fsp3) is 0.273. The van der Waals surface area contributed by atoms with Crippen molar-refractivity contribution in [3.05, 3.63) is 34.9 Å². The first-order chi connectivity index (χ1) is 7.09. The number of ketones is 1. The first kappa shape index (κ1) is 11.7. The molecule has 1 aromatic rings. The standard InChI is InChI=1S/C11H13ClNO2/c1-13(2)8-15-7-11(14)9-3-5-10(12)6-4-9/h3-6,8H,7H2,1-2H3/q+1. The number of nitrogens with zero attached hydrogens (tertiary/aromatic N) is 1. The molecule has 3 nitrogen and oxygen atoms in total. The Morgan fingerprint density at radius 1 is 1.40 bits per heavy atom. The highest BCUT2D eigenvalue weighted by molar-refractivity contribution is 6.30. The number of benzene rings is 1. The van der Waals surface area contributed by atoms with Gasteiger partial charge in [0.15, 0.2) is 12.4 Å². The minimum absolute atomic E-state index is 0.0415. The Morgan fingerprint density at radius 2 is 2.00 bits per heavy atom. The molecule has 0 radical (unpaired) electrons. The summed E-state index contributed by atoms with van der Waals surface area (Å²) in [5.41, 5.74) is 0.603. The summed E-state index contributed by atoms with van der Waals surface area (Å²) in [6.45, 7) is 0.0415. The summed E-state index contributed by atoms with van der Waals surface area (Å²) in [6.07, 6.45) is 1.49. The Morgan fingerprint density at radius 3 is 2.53 bits per heavy atom. The van der Waals surface area contributed by atoms with E-state index in [0.717, 1.165) is 0 Å². The third-order valence-electron chi connectivity index (χ3n) is 1.67. The molecule has 0 heterocycles. The zero-order valence-corrected chi connectivity index (χ0v) is 9.49. The molecule has 80 valence electrons. The maximum atomic E-state index is 11.5. The van der Waals surface area contributed by atoms with Crippen LogP contribution in [0, 0.1) is 0 Å². The van der Waals surface area contributed by atoms with Crippen LogP contribution in [0.4, 0.5) is 0 Å². The molecule has 0 N–H and O–H groups in total. The fourth-order valence-corrected chi connectivity index (χ4v) is 1.11. The quantitative estimate of drug-likeness (QED) is 0.339. The normalized spacial score (nSPS) is 9.53. The van der Waals surface area contributed by atoms with E-state index in [1.807, 2.05) is 14.1 Å². The highest BCUT2D eigenvalue weighted by Crippen LogP contribution is 2.09. The Balaban J connectivity index is 2.54. The molecule has 0 aliphatic carbocycles. The van der Waals surface area contributed by atoms with Crippen molar-refractivity contribution in [3.63, 3.8) is 0 Å². The van der Waals surface area contributed by atoms with Gasteiger partial charge < -0.3 is 4.74 Å². The maximum absolute atomic E-state index is 11.5. The van der Waals surface area contributed by atoms with E-state index >= 15 is 0 Å². The van der Waals surface area contributed by atoms with Crippen molar-refractivity contribution < 1.29 is 14.1 Å². The van der Waals surface area contributed by atoms with Gasteiger partial charge in [-0.3, -0.25) is 4.79 Å². The average molecular weight is 227 g/mol. The number of Topliss-reactive ketones (excluding diaryl/α,β-unsaturated/α-hetero) is 1. The highest BCUT2D eigenvalue weighted by atomic mass is 35.5. The minimum Gasteiger partial charge on any atom is -0.442 e. The van der Waals surface area contributed by atoms with Gasteiger partial charge in [-0.2, -0.15) is 0 Å². The van der Waals surface area contributed by atoms with Crippen molar-refractivity contribution in [2.75, 3.05) is 20.7 Å². The lowest BCUT2D eigenvalue weighted by atomic mass is 10.1. The van der Waals surface area contributed by atoms with Gasteiger partial charge in [0.2, 0.25) is 0 Å². The van der Waals surface area contributed by atoms with E-state index in [0.29, 0.717) is 10.6 Å². The lowest BCUT2D eigenvalue weighted by Crippen LogP contribution is -2.11. The Bertz CT molecular complexity index is 367. The van der Waals surface area contributed by atoms with Gasteiger partial charge in [-0.1, -0.05) is 11.6 Å². The monoisotopic (exact) mass is 226 g/mol. The molecule has 0 saturated heterocycles. The first-order valence-electron chi connectivity index (χ1n) is 4.50. The largest absolute Gasteiger partial charge is 0.442 e. The third-order valence-corrected chi connectivity index (χ3v) is 1.92. The van der Waals surface area contributed by atoms with E-state index in [9.17, 15) is 4.79 Å². The Hall–Kier alpha value is -1.35. The predicted octanol–water partition coefficient (Wildman–Crippen LogP) is 1.84. The van der Waals surface area contributed by atoms with Gasteiger partial charge in [0, 0.05) is 10.6 Å². The van der Waals surface area contributed by atoms with Gasteiger partial charge in [-0.25, -0.2) is 4.58 Å². The van der Waals surface area contributed by atoms with E-state index in [2.05, 4.69) is 0 Å². The van der Waals surface area contributed by atoms with Crippen molar-refractivity contribution in [2.24, 2.45) is 0 Å². The molecular formula is C11H13ClNO2+. The smallest absolute Gasteiger partial charge is 0.323 e. The van der Waals surface area contributed by atoms with E-state index in [-0.39, 0.29) is 12.4 Å². The van der Waals surface area contributed by atoms with Gasteiger partial charge >= 0.3 is 6.40 Å². The summed E-state index contributed by atoms with van der Waals surface area (Å²) in [5, 5.41) is 0.618. The van der Waals surface area contributed by atoms with Crippen LogP contribution in [-0.4, -0.2) is 37.5 Å². The molecule has 15 heavy (non-hydrogen) atoms. The van der Waals surface area contributed by atoms with Crippen LogP contribution >= 0.6 is 11.6 Å². The van der Waals surface area contributed by atoms with Crippen LogP contribution in [0.5, 0.6) is 0 Å². The van der Waals surface area contributed by atoms with Gasteiger partial charge in [0.1, 0.15) is 14.1 Å². The van der Waals surface area contributed by atoms with E-state index in [1.165, 1.54) is 6.40 Å². The van der Waals surface area contributed by atoms with Crippen LogP contribution in [0.25, 0.3) is 0 Å². The lowest BCUT2D eigenvalue weighted by molar-refractivity contribution is -0.468. The molecule has 0 fully saturated rings. The van der Waals surface area contributed by atoms with Crippen LogP contribution < -0.4 is 0 Å². The molecule has 0 atom stereocenters. The molecule has 0 spiro atoms. The fourth-order valence-electron chi connectivity index (χ4n) is 0.981. The van der Waals surface area contributed by atoms with Crippen LogP contribution in [-0.2, 0) is 4.74 Å². The molecule has 0 amide bonds. The van der Waals surface area contributed by atoms with E-state index in [4.69, 9.17) is 16.3 Å². The number of carbonyl (C=O) groups excluding carboxylic acids is 1. The molecule has 0 unspecified atom stereocenters. The molecule has 0 aliphatic rings. The van der Waals surface area contributed by atoms with Crippen molar-refractivity contribution in [1.29, 1.82) is 0 Å². The van der Waals surface area contributed by atoms with Crippen molar-refractivity contribution in [2.45, 2.75) is 0 Å². The van der Waals surface area contributed by atoms with Crippen molar-refractivity contribution in [3.8, 4) is 0 Å². The zero-order valence-electron chi connectivity index (χ0n) is 8.74. The molecule has 4 heteroatoms. The van der Waals surface area contributed by atoms with Gasteiger partial charge in [0.05, 0.1) is 0 Å². The summed E-state index contributed by atoms with van der Waals surface area (Å²) in [6, 6.07) is 6.74. The maximum Gasteiger partial charge on any atom is 0.323 e. The van der Waals surface area contributed by atoms with Gasteiger partial charge in [0.25, 0.3) is 0 Å². The van der Waals surface area contributed by atoms with Crippen LogP contribution in [0.3, 0.4) is 0 Å². The number of hydrogen-bond donors (Lipinski definition) is 0. The van der Waals surface area contributed by atoms with E-state index in [1.54, 1.807) is 28.8 Å². The van der Waals surface area contributed by atoms with Crippen LogP contribution in [0.2, 0.25) is 5.02 Å². The average Bonchev–Trinajstić information content (AvgIpc) is 2.18. The number of halogens is 1. The van der Waals surface area contributed by atoms with Gasteiger partial charge in [-0.05, 0) is 24.3 Å². The molecule has 0 bridgehead atoms. The Labute approximate surface area is 93.9 Å². The second-order valence-electron chi connectivity index (χ2n) is 3.31. The molecular weight excluding hydrogens is 214 g/mol. The highest BCUT2D eigenvalue weighted by Gasteiger charge is 2.05. The number of hydrogen-bond acceptors (Lipinski definition) is 2. The SMILES string of the molecule is C[N+](C)=COCC(=O)c1ccc(Cl)cc1. The van der Waals surface area contributed by atoms with Gasteiger partial charge in [-0.15, -0.1) is 0 Å². The molecule has 0 aliphatic heterocycles. The van der Waals surface area contributed by atoms with E-state index < -0.39 is 0 Å². The van der Waals surface area contributed by atoms with Crippen molar-refractivity contribution in [1.82, 2.24) is 0 Å². The lowest BCUT2D eigenvalue weighted by Gasteiger charge is -1.99. The third kappa shape index (κ3) is 4.13. The van der Waals surface area contributed by atoms with Crippen molar-refractivity contribution >= 4 is 23.8 Å². The van der Waals surface area contributed by atoms with Crippen LogP contribution in [0.1, 0.15) is 10.4 Å². The number of ether oxygens (including phenoxy) is 1. The molecule has 1 rings (SSSR count). The molecule has 0 aromatic heterocycles. The minimum atomic E-state index is -0.0650. The summed E-state index contributed by atoms with van der Waals surface area (Å²) in [4.78, 5) is 11.5. The number of rotatable bonds is 4. The van der Waals surface area contributed by atoms with Crippen LogP contribution in [0.15, 0.2) is 24.3 Å². The summed E-state index contributed by atoms with van der Waals surface area (Å²) >= 11 is 5.71. The zero-order chi connectivity index (χ0) is 11.3. The summed E-state index contributed by atoms with van der Waals surface area (Å²) in [5.74, 6) is -0.0650. The first-order valence-corrected chi connectivity index (χ1v) is 4.87.